The van der Waals surface area contributed by atoms with Gasteiger partial charge in [-0.15, -0.1) is 0 Å². The molecular formula is C10H14O5S. The molecule has 0 amide bonds. The highest BCUT2D eigenvalue weighted by atomic mass is 32.2. The van der Waals surface area contributed by atoms with Crippen LogP contribution in [0.1, 0.15) is 17.0 Å². The summed E-state index contributed by atoms with van der Waals surface area (Å²) in [6, 6.07) is 6.67. The molecule has 0 bridgehead atoms. The largest absolute Gasteiger partial charge is 0.396 e. The van der Waals surface area contributed by atoms with E-state index >= 15 is 0 Å². The van der Waals surface area contributed by atoms with Crippen LogP contribution in [0, 0.1) is 6.92 Å². The first-order valence-corrected chi connectivity index (χ1v) is 6.18. The summed E-state index contributed by atoms with van der Waals surface area (Å²) in [5, 5.41) is 18.4. The molecule has 1 aromatic carbocycles. The van der Waals surface area contributed by atoms with Crippen LogP contribution < -0.4 is 0 Å². The van der Waals surface area contributed by atoms with Crippen molar-refractivity contribution in [1.29, 1.82) is 0 Å². The van der Waals surface area contributed by atoms with Crippen LogP contribution in [0.4, 0.5) is 0 Å². The summed E-state index contributed by atoms with van der Waals surface area (Å²) in [5.41, 5.74) is -0.583. The Bertz CT molecular complexity index is 437. The molecule has 3 N–H and O–H groups in total. The molecule has 6 heteroatoms. The van der Waals surface area contributed by atoms with Crippen molar-refractivity contribution in [1.82, 2.24) is 0 Å². The summed E-state index contributed by atoms with van der Waals surface area (Å²) in [5.74, 6) is -1.05. The molecule has 1 rings (SSSR count). The molecule has 0 aliphatic carbocycles. The SMILES string of the molecule is Cc1ccc(C(CO)C(O)S(=O)(=O)O)cc1. The fourth-order valence-corrected chi connectivity index (χ4v) is 2.04. The second kappa shape index (κ2) is 4.92. The number of aliphatic hydroxyl groups excluding tert-OH is 2. The minimum Gasteiger partial charge on any atom is -0.396 e. The third-order valence-electron chi connectivity index (χ3n) is 2.35. The summed E-state index contributed by atoms with van der Waals surface area (Å²) in [6.07, 6.45) is 0. The van der Waals surface area contributed by atoms with Gasteiger partial charge in [0.15, 0.2) is 5.44 Å². The Morgan fingerprint density at radius 3 is 2.12 bits per heavy atom. The summed E-state index contributed by atoms with van der Waals surface area (Å²) in [7, 11) is -4.58. The Morgan fingerprint density at radius 2 is 1.75 bits per heavy atom. The molecule has 16 heavy (non-hydrogen) atoms. The molecule has 2 unspecified atom stereocenters. The van der Waals surface area contributed by atoms with Crippen LogP contribution in [0.15, 0.2) is 24.3 Å². The minimum absolute atomic E-state index is 0.457. The van der Waals surface area contributed by atoms with Crippen LogP contribution in [0.3, 0.4) is 0 Å². The zero-order valence-electron chi connectivity index (χ0n) is 8.74. The van der Waals surface area contributed by atoms with E-state index in [1.54, 1.807) is 24.3 Å². The topological polar surface area (TPSA) is 94.8 Å². The number of rotatable bonds is 4. The second-order valence-electron chi connectivity index (χ2n) is 3.61. The highest BCUT2D eigenvalue weighted by Crippen LogP contribution is 2.22. The molecule has 90 valence electrons. The van der Waals surface area contributed by atoms with Crippen molar-refractivity contribution in [2.45, 2.75) is 18.3 Å². The zero-order valence-corrected chi connectivity index (χ0v) is 9.55. The average molecular weight is 246 g/mol. The van der Waals surface area contributed by atoms with E-state index in [-0.39, 0.29) is 0 Å². The summed E-state index contributed by atoms with van der Waals surface area (Å²) < 4.78 is 30.2. The maximum atomic E-state index is 10.8. The lowest BCUT2D eigenvalue weighted by atomic mass is 10.00. The highest BCUT2D eigenvalue weighted by molar-refractivity contribution is 7.86. The van der Waals surface area contributed by atoms with Crippen LogP contribution in [0.25, 0.3) is 0 Å². The predicted octanol–water partition coefficient (Wildman–Crippen LogP) is 0.277. The van der Waals surface area contributed by atoms with Crippen molar-refractivity contribution in [3.63, 3.8) is 0 Å². The second-order valence-corrected chi connectivity index (χ2v) is 5.12. The number of aryl methyl sites for hydroxylation is 1. The standard InChI is InChI=1S/C10H14O5S/c1-7-2-4-8(5-3-7)9(6-11)10(12)16(13,14)15/h2-5,9-12H,6H2,1H3,(H,13,14,15). The Morgan fingerprint density at radius 1 is 1.25 bits per heavy atom. The van der Waals surface area contributed by atoms with E-state index in [0.717, 1.165) is 5.56 Å². The lowest BCUT2D eigenvalue weighted by molar-refractivity contribution is 0.153. The molecule has 0 radical (unpaired) electrons. The van der Waals surface area contributed by atoms with Gasteiger partial charge in [-0.25, -0.2) is 0 Å². The molecule has 0 fully saturated rings. The highest BCUT2D eigenvalue weighted by Gasteiger charge is 2.30. The summed E-state index contributed by atoms with van der Waals surface area (Å²) in [6.45, 7) is 1.29. The van der Waals surface area contributed by atoms with Crippen molar-refractivity contribution in [2.75, 3.05) is 6.61 Å². The van der Waals surface area contributed by atoms with Crippen LogP contribution >= 0.6 is 0 Å². The predicted molar refractivity (Wildman–Crippen MR) is 58.6 cm³/mol. The molecule has 0 spiro atoms. The summed E-state index contributed by atoms with van der Waals surface area (Å²) in [4.78, 5) is 0. The van der Waals surface area contributed by atoms with Gasteiger partial charge < -0.3 is 10.2 Å². The molecule has 0 heterocycles. The molecule has 5 nitrogen and oxygen atoms in total. The molecule has 0 aliphatic rings. The fourth-order valence-electron chi connectivity index (χ4n) is 1.38. The van der Waals surface area contributed by atoms with Crippen molar-refractivity contribution in [3.8, 4) is 0 Å². The van der Waals surface area contributed by atoms with Crippen molar-refractivity contribution >= 4 is 10.1 Å². The lowest BCUT2D eigenvalue weighted by Gasteiger charge is -2.18. The van der Waals surface area contributed by atoms with Crippen LogP contribution in [-0.2, 0) is 10.1 Å². The monoisotopic (exact) mass is 246 g/mol. The van der Waals surface area contributed by atoms with E-state index in [1.165, 1.54) is 0 Å². The fraction of sp³-hybridized carbons (Fsp3) is 0.400. The molecule has 2 atom stereocenters. The van der Waals surface area contributed by atoms with Crippen LogP contribution in [-0.4, -0.2) is 35.2 Å². The van der Waals surface area contributed by atoms with E-state index in [0.29, 0.717) is 5.56 Å². The van der Waals surface area contributed by atoms with E-state index in [1.807, 2.05) is 6.92 Å². The van der Waals surface area contributed by atoms with Gasteiger partial charge in [-0.2, -0.15) is 8.42 Å². The molecule has 0 saturated carbocycles. The Labute approximate surface area is 94.1 Å². The summed E-state index contributed by atoms with van der Waals surface area (Å²) >= 11 is 0. The van der Waals surface area contributed by atoms with Crippen LogP contribution in [0.5, 0.6) is 0 Å². The molecule has 1 aromatic rings. The van der Waals surface area contributed by atoms with Crippen LogP contribution in [0.2, 0.25) is 0 Å². The Kier molecular flexibility index (Phi) is 4.03. The van der Waals surface area contributed by atoms with E-state index in [4.69, 9.17) is 9.66 Å². The zero-order chi connectivity index (χ0) is 12.3. The van der Waals surface area contributed by atoms with E-state index < -0.39 is 28.1 Å². The molecule has 0 saturated heterocycles. The van der Waals surface area contributed by atoms with Gasteiger partial charge in [-0.1, -0.05) is 29.8 Å². The molecule has 0 aliphatic heterocycles. The number of hydrogen-bond acceptors (Lipinski definition) is 4. The quantitative estimate of drug-likeness (QED) is 0.663. The van der Waals surface area contributed by atoms with Gasteiger partial charge >= 0.3 is 0 Å². The van der Waals surface area contributed by atoms with Gasteiger partial charge in [0.25, 0.3) is 10.1 Å². The number of benzene rings is 1. The van der Waals surface area contributed by atoms with Gasteiger partial charge in [0, 0.05) is 5.92 Å². The third kappa shape index (κ3) is 3.02. The lowest BCUT2D eigenvalue weighted by Crippen LogP contribution is -2.29. The minimum atomic E-state index is -4.58. The maximum Gasteiger partial charge on any atom is 0.292 e. The van der Waals surface area contributed by atoms with Crippen molar-refractivity contribution in [2.24, 2.45) is 0 Å². The first kappa shape index (κ1) is 13.1. The normalized spacial score (nSPS) is 15.8. The first-order chi connectivity index (χ1) is 7.36. The third-order valence-corrected chi connectivity index (χ3v) is 3.29. The van der Waals surface area contributed by atoms with E-state index in [9.17, 15) is 13.5 Å². The molecular weight excluding hydrogens is 232 g/mol. The number of hydrogen-bond donors (Lipinski definition) is 3. The number of aliphatic hydroxyl groups is 2. The van der Waals surface area contributed by atoms with Gasteiger partial charge in [0.1, 0.15) is 0 Å². The average Bonchev–Trinajstić information content (AvgIpc) is 2.20. The van der Waals surface area contributed by atoms with Crippen molar-refractivity contribution < 1.29 is 23.2 Å². The van der Waals surface area contributed by atoms with Gasteiger partial charge in [0.05, 0.1) is 6.61 Å². The smallest absolute Gasteiger partial charge is 0.292 e. The first-order valence-electron chi connectivity index (χ1n) is 4.68. The van der Waals surface area contributed by atoms with Gasteiger partial charge in [-0.05, 0) is 12.5 Å². The molecule has 0 aromatic heterocycles. The van der Waals surface area contributed by atoms with E-state index in [2.05, 4.69) is 0 Å². The maximum absolute atomic E-state index is 10.8. The van der Waals surface area contributed by atoms with Gasteiger partial charge in [-0.3, -0.25) is 4.55 Å². The van der Waals surface area contributed by atoms with Crippen molar-refractivity contribution in [3.05, 3.63) is 35.4 Å². The Hall–Kier alpha value is -0.950. The van der Waals surface area contributed by atoms with Gasteiger partial charge in [0.2, 0.25) is 0 Å². The Balaban J connectivity index is 3.03.